The van der Waals surface area contributed by atoms with E-state index in [1.54, 1.807) is 36.4 Å². The van der Waals surface area contributed by atoms with E-state index in [0.717, 1.165) is 17.7 Å². The van der Waals surface area contributed by atoms with Crippen LogP contribution in [0.4, 0.5) is 0 Å². The molecule has 0 spiro atoms. The molecule has 1 heterocycles. The van der Waals surface area contributed by atoms with Crippen LogP contribution < -0.4 is 19.5 Å². The van der Waals surface area contributed by atoms with Gasteiger partial charge in [-0.05, 0) is 41.5 Å². The highest BCUT2D eigenvalue weighted by Gasteiger charge is 2.22. The summed E-state index contributed by atoms with van der Waals surface area (Å²) < 4.78 is 15.9. The van der Waals surface area contributed by atoms with E-state index in [1.165, 1.54) is 14.2 Å². The molecule has 0 fully saturated rings. The van der Waals surface area contributed by atoms with Crippen LogP contribution in [0.3, 0.4) is 0 Å². The molecule has 0 radical (unpaired) electrons. The summed E-state index contributed by atoms with van der Waals surface area (Å²) in [7, 11) is 3.02. The molecule has 2 N–H and O–H groups in total. The van der Waals surface area contributed by atoms with Gasteiger partial charge in [0.2, 0.25) is 0 Å². The molecule has 3 rings (SSSR count). The molecular weight excluding hydrogens is 350 g/mol. The molecule has 0 aromatic heterocycles. The molecule has 1 aliphatic heterocycles. The highest BCUT2D eigenvalue weighted by atomic mass is 16.5. The van der Waals surface area contributed by atoms with Gasteiger partial charge in [0.25, 0.3) is 5.91 Å². The van der Waals surface area contributed by atoms with E-state index < -0.39 is 12.0 Å². The zero-order chi connectivity index (χ0) is 19.4. The van der Waals surface area contributed by atoms with E-state index >= 15 is 0 Å². The Balaban J connectivity index is 1.85. The second-order valence-electron chi connectivity index (χ2n) is 6.16. The Bertz CT molecular complexity index is 864. The number of amides is 1. The van der Waals surface area contributed by atoms with E-state index in [0.29, 0.717) is 29.2 Å². The standard InChI is InChI=1S/C20H21NO6/c1-25-17-6-3-12(10-18(17)26-2)15(11-19(22)23)21-20(24)14-4-5-16-13(9-14)7-8-27-16/h3-6,9-10,15H,7-8,11H2,1-2H3,(H,21,24)(H,22,23)/t15-/m0/s1. The number of aliphatic carboxylic acids is 1. The molecule has 2 aromatic rings. The van der Waals surface area contributed by atoms with E-state index in [4.69, 9.17) is 14.2 Å². The first-order valence-electron chi connectivity index (χ1n) is 8.52. The second kappa shape index (κ2) is 7.99. The first kappa shape index (κ1) is 18.6. The number of carboxylic acid groups (broad SMARTS) is 1. The number of carbonyl (C=O) groups is 2. The van der Waals surface area contributed by atoms with Crippen LogP contribution in [0.5, 0.6) is 17.2 Å². The lowest BCUT2D eigenvalue weighted by Gasteiger charge is -2.19. The molecule has 27 heavy (non-hydrogen) atoms. The Morgan fingerprint density at radius 3 is 2.63 bits per heavy atom. The number of hydrogen-bond acceptors (Lipinski definition) is 5. The van der Waals surface area contributed by atoms with Crippen molar-refractivity contribution in [3.8, 4) is 17.2 Å². The number of fused-ring (bicyclic) bond motifs is 1. The summed E-state index contributed by atoms with van der Waals surface area (Å²) >= 11 is 0. The molecule has 7 heteroatoms. The van der Waals surface area contributed by atoms with Gasteiger partial charge in [-0.1, -0.05) is 6.07 Å². The summed E-state index contributed by atoms with van der Waals surface area (Å²) in [5.41, 5.74) is 2.06. The van der Waals surface area contributed by atoms with E-state index in [2.05, 4.69) is 5.32 Å². The van der Waals surface area contributed by atoms with Gasteiger partial charge in [0, 0.05) is 12.0 Å². The summed E-state index contributed by atoms with van der Waals surface area (Å²) in [6.07, 6.45) is 0.500. The summed E-state index contributed by atoms with van der Waals surface area (Å²) in [5, 5.41) is 12.1. The Labute approximate surface area is 156 Å². The van der Waals surface area contributed by atoms with E-state index in [1.807, 2.05) is 0 Å². The number of rotatable bonds is 7. The van der Waals surface area contributed by atoms with Crippen LogP contribution in [0.25, 0.3) is 0 Å². The Kier molecular flexibility index (Phi) is 5.49. The van der Waals surface area contributed by atoms with Gasteiger partial charge in [-0.15, -0.1) is 0 Å². The highest BCUT2D eigenvalue weighted by Crippen LogP contribution is 2.31. The molecule has 0 saturated carbocycles. The molecule has 1 atom stereocenters. The topological polar surface area (TPSA) is 94.1 Å². The van der Waals surface area contributed by atoms with Crippen molar-refractivity contribution >= 4 is 11.9 Å². The van der Waals surface area contributed by atoms with Crippen molar-refractivity contribution in [3.05, 3.63) is 53.1 Å². The van der Waals surface area contributed by atoms with Crippen molar-refractivity contribution < 1.29 is 28.9 Å². The summed E-state index contributed by atoms with van der Waals surface area (Å²) in [5.74, 6) is 0.422. The molecule has 0 bridgehead atoms. The number of nitrogens with one attached hydrogen (secondary N) is 1. The molecule has 0 aliphatic carbocycles. The third-order valence-electron chi connectivity index (χ3n) is 4.45. The number of ether oxygens (including phenoxy) is 3. The quantitative estimate of drug-likeness (QED) is 0.777. The minimum atomic E-state index is -1.02. The van der Waals surface area contributed by atoms with Crippen LogP contribution in [0.2, 0.25) is 0 Å². The molecule has 1 aliphatic rings. The first-order valence-corrected chi connectivity index (χ1v) is 8.52. The number of methoxy groups -OCH3 is 2. The van der Waals surface area contributed by atoms with Crippen molar-refractivity contribution in [1.82, 2.24) is 5.32 Å². The Hall–Kier alpha value is -3.22. The van der Waals surface area contributed by atoms with Crippen molar-refractivity contribution in [2.24, 2.45) is 0 Å². The Morgan fingerprint density at radius 1 is 1.15 bits per heavy atom. The van der Waals surface area contributed by atoms with Gasteiger partial charge in [-0.3, -0.25) is 9.59 Å². The fourth-order valence-electron chi connectivity index (χ4n) is 3.07. The second-order valence-corrected chi connectivity index (χ2v) is 6.16. The maximum atomic E-state index is 12.7. The van der Waals surface area contributed by atoms with Gasteiger partial charge >= 0.3 is 5.97 Å². The molecule has 7 nitrogen and oxygen atoms in total. The zero-order valence-corrected chi connectivity index (χ0v) is 15.2. The average Bonchev–Trinajstić information content (AvgIpc) is 3.14. The summed E-state index contributed by atoms with van der Waals surface area (Å²) in [4.78, 5) is 24.0. The predicted octanol–water partition coefficient (Wildman–Crippen LogP) is 2.58. The van der Waals surface area contributed by atoms with Crippen molar-refractivity contribution in [1.29, 1.82) is 0 Å². The number of carboxylic acids is 1. The van der Waals surface area contributed by atoms with Crippen molar-refractivity contribution in [2.75, 3.05) is 20.8 Å². The van der Waals surface area contributed by atoms with Gasteiger partial charge in [0.1, 0.15) is 5.75 Å². The van der Waals surface area contributed by atoms with Crippen LogP contribution in [0.1, 0.15) is 33.9 Å². The molecule has 1 amide bonds. The van der Waals surface area contributed by atoms with Gasteiger partial charge in [-0.25, -0.2) is 0 Å². The van der Waals surface area contributed by atoms with Crippen LogP contribution in [0, 0.1) is 0 Å². The lowest BCUT2D eigenvalue weighted by molar-refractivity contribution is -0.137. The third-order valence-corrected chi connectivity index (χ3v) is 4.45. The SMILES string of the molecule is COc1ccc([C@H](CC(=O)O)NC(=O)c2ccc3c(c2)CCO3)cc1OC. The van der Waals surface area contributed by atoms with Crippen LogP contribution >= 0.6 is 0 Å². The van der Waals surface area contributed by atoms with Crippen LogP contribution in [-0.2, 0) is 11.2 Å². The van der Waals surface area contributed by atoms with Gasteiger partial charge < -0.3 is 24.6 Å². The molecule has 0 saturated heterocycles. The monoisotopic (exact) mass is 371 g/mol. The van der Waals surface area contributed by atoms with Gasteiger partial charge in [0.15, 0.2) is 11.5 Å². The summed E-state index contributed by atoms with van der Waals surface area (Å²) in [6.45, 7) is 0.605. The van der Waals surface area contributed by atoms with Crippen molar-refractivity contribution in [3.63, 3.8) is 0 Å². The van der Waals surface area contributed by atoms with Crippen LogP contribution in [0.15, 0.2) is 36.4 Å². The predicted molar refractivity (Wildman–Crippen MR) is 97.6 cm³/mol. The van der Waals surface area contributed by atoms with E-state index in [9.17, 15) is 14.7 Å². The van der Waals surface area contributed by atoms with Crippen LogP contribution in [-0.4, -0.2) is 37.8 Å². The number of benzene rings is 2. The van der Waals surface area contributed by atoms with E-state index in [-0.39, 0.29) is 12.3 Å². The number of carbonyl (C=O) groups excluding carboxylic acids is 1. The maximum Gasteiger partial charge on any atom is 0.305 e. The first-order chi connectivity index (χ1) is 13.0. The zero-order valence-electron chi connectivity index (χ0n) is 15.2. The summed E-state index contributed by atoms with van der Waals surface area (Å²) in [6, 6.07) is 9.58. The molecule has 0 unspecified atom stereocenters. The fraction of sp³-hybridized carbons (Fsp3) is 0.300. The third kappa shape index (κ3) is 4.13. The maximum absolute atomic E-state index is 12.7. The lowest BCUT2D eigenvalue weighted by atomic mass is 10.0. The minimum Gasteiger partial charge on any atom is -0.493 e. The lowest BCUT2D eigenvalue weighted by Crippen LogP contribution is -2.30. The van der Waals surface area contributed by atoms with Gasteiger partial charge in [-0.2, -0.15) is 0 Å². The number of hydrogen-bond donors (Lipinski definition) is 2. The average molecular weight is 371 g/mol. The smallest absolute Gasteiger partial charge is 0.305 e. The highest BCUT2D eigenvalue weighted by molar-refractivity contribution is 5.95. The molecule has 2 aromatic carbocycles. The molecular formula is C20H21NO6. The fourth-order valence-corrected chi connectivity index (χ4v) is 3.07. The largest absolute Gasteiger partial charge is 0.493 e. The van der Waals surface area contributed by atoms with Crippen molar-refractivity contribution in [2.45, 2.75) is 18.9 Å². The van der Waals surface area contributed by atoms with Gasteiger partial charge in [0.05, 0.1) is 33.3 Å². The molecule has 142 valence electrons. The normalized spacial score (nSPS) is 13.3. The Morgan fingerprint density at radius 2 is 1.93 bits per heavy atom. The minimum absolute atomic E-state index is 0.255.